The molecule has 0 bridgehead atoms. The number of hydrogen-bond donors (Lipinski definition) is 2. The molecule has 0 aliphatic rings. The Morgan fingerprint density at radius 1 is 1.19 bits per heavy atom. The van der Waals surface area contributed by atoms with Crippen LogP contribution >= 0.6 is 11.3 Å². The van der Waals surface area contributed by atoms with Crippen molar-refractivity contribution in [1.29, 1.82) is 0 Å². The molecule has 0 spiro atoms. The van der Waals surface area contributed by atoms with E-state index >= 15 is 0 Å². The summed E-state index contributed by atoms with van der Waals surface area (Å²) in [6.07, 6.45) is 0. The lowest BCUT2D eigenvalue weighted by Crippen LogP contribution is -2.20. The van der Waals surface area contributed by atoms with E-state index in [2.05, 4.69) is 17.2 Å². The molecular formula is C14H12N2O3S2. The maximum absolute atomic E-state index is 11.6. The van der Waals surface area contributed by atoms with Crippen molar-refractivity contribution < 1.29 is 13.2 Å². The molecule has 21 heavy (non-hydrogen) atoms. The zero-order valence-electron chi connectivity index (χ0n) is 10.9. The maximum Gasteiger partial charge on any atom is 0.296 e. The molecule has 0 radical (unpaired) electrons. The molecule has 0 saturated heterocycles. The summed E-state index contributed by atoms with van der Waals surface area (Å²) < 4.78 is 22.3. The first-order valence-electron chi connectivity index (χ1n) is 5.91. The zero-order chi connectivity index (χ0) is 15.3. The van der Waals surface area contributed by atoms with Crippen LogP contribution in [0.25, 0.3) is 0 Å². The van der Waals surface area contributed by atoms with Gasteiger partial charge >= 0.3 is 0 Å². The smallest absolute Gasteiger partial charge is 0.296 e. The third-order valence-corrected chi connectivity index (χ3v) is 4.96. The van der Waals surface area contributed by atoms with E-state index in [1.54, 1.807) is 18.2 Å². The highest BCUT2D eigenvalue weighted by atomic mass is 32.2. The van der Waals surface area contributed by atoms with Gasteiger partial charge in [0.05, 0.1) is 6.54 Å². The Kier molecular flexibility index (Phi) is 4.75. The van der Waals surface area contributed by atoms with Crippen LogP contribution in [0.4, 0.5) is 0 Å². The number of thiophene rings is 1. The average Bonchev–Trinajstić information content (AvgIpc) is 2.93. The van der Waals surface area contributed by atoms with E-state index in [1.165, 1.54) is 6.07 Å². The topological polar surface area (TPSA) is 89.3 Å². The molecule has 5 nitrogen and oxygen atoms in total. The minimum absolute atomic E-state index is 0.0714. The molecule has 2 aromatic rings. The van der Waals surface area contributed by atoms with Gasteiger partial charge in [-0.1, -0.05) is 24.1 Å². The Bertz CT molecular complexity index is 799. The predicted molar refractivity (Wildman–Crippen MR) is 80.9 cm³/mol. The Balaban J connectivity index is 1.93. The molecule has 1 heterocycles. The first-order chi connectivity index (χ1) is 9.95. The molecule has 0 aliphatic heterocycles. The Hall–Kier alpha value is -2.14. The van der Waals surface area contributed by atoms with Gasteiger partial charge in [-0.25, -0.2) is 13.6 Å². The number of sulfonamides is 1. The summed E-state index contributed by atoms with van der Waals surface area (Å²) >= 11 is 1.02. The Morgan fingerprint density at radius 2 is 1.90 bits per heavy atom. The van der Waals surface area contributed by atoms with Crippen molar-refractivity contribution in [1.82, 2.24) is 5.32 Å². The number of benzene rings is 1. The van der Waals surface area contributed by atoms with Crippen LogP contribution in [0.15, 0.2) is 46.7 Å². The van der Waals surface area contributed by atoms with Crippen LogP contribution in [-0.2, 0) is 21.4 Å². The monoisotopic (exact) mass is 320 g/mol. The number of hydrogen-bond acceptors (Lipinski definition) is 4. The van der Waals surface area contributed by atoms with Crippen LogP contribution in [-0.4, -0.2) is 14.3 Å². The van der Waals surface area contributed by atoms with Gasteiger partial charge in [-0.2, -0.15) is 0 Å². The van der Waals surface area contributed by atoms with Crippen LogP contribution in [0.2, 0.25) is 0 Å². The Morgan fingerprint density at radius 3 is 2.52 bits per heavy atom. The van der Waals surface area contributed by atoms with E-state index in [0.29, 0.717) is 4.88 Å². The second-order valence-electron chi connectivity index (χ2n) is 4.06. The lowest BCUT2D eigenvalue weighted by Gasteiger charge is -1.97. The van der Waals surface area contributed by atoms with E-state index in [1.807, 2.05) is 18.2 Å². The van der Waals surface area contributed by atoms with Gasteiger partial charge in [-0.15, -0.1) is 11.3 Å². The zero-order valence-corrected chi connectivity index (χ0v) is 12.5. The minimum atomic E-state index is -3.69. The molecule has 3 N–H and O–H groups in total. The van der Waals surface area contributed by atoms with Crippen molar-refractivity contribution in [2.75, 3.05) is 0 Å². The summed E-state index contributed by atoms with van der Waals surface area (Å²) in [5, 5.41) is 7.61. The molecule has 0 saturated carbocycles. The number of primary sulfonamides is 1. The lowest BCUT2D eigenvalue weighted by molar-refractivity contribution is -0.115. The highest BCUT2D eigenvalue weighted by Crippen LogP contribution is 2.19. The van der Waals surface area contributed by atoms with Gasteiger partial charge < -0.3 is 5.32 Å². The van der Waals surface area contributed by atoms with E-state index in [0.717, 1.165) is 16.9 Å². The Labute approximate surface area is 126 Å². The summed E-state index contributed by atoms with van der Waals surface area (Å²) in [4.78, 5) is 12.3. The SMILES string of the molecule is NS(=O)(=O)c1ccc(CNC(=O)C#Cc2ccccc2)s1. The fraction of sp³-hybridized carbons (Fsp3) is 0.0714. The van der Waals surface area contributed by atoms with Gasteiger partial charge in [0.1, 0.15) is 4.21 Å². The second kappa shape index (κ2) is 6.54. The van der Waals surface area contributed by atoms with Crippen molar-refractivity contribution in [3.63, 3.8) is 0 Å². The molecule has 0 aliphatic carbocycles. The molecule has 108 valence electrons. The van der Waals surface area contributed by atoms with E-state index in [-0.39, 0.29) is 10.8 Å². The van der Waals surface area contributed by atoms with E-state index in [9.17, 15) is 13.2 Å². The summed E-state index contributed by atoms with van der Waals surface area (Å²) in [6, 6.07) is 12.2. The molecule has 0 fully saturated rings. The van der Waals surface area contributed by atoms with Gasteiger partial charge in [0.15, 0.2) is 0 Å². The predicted octanol–water partition coefficient (Wildman–Crippen LogP) is 1.06. The molecule has 1 amide bonds. The first kappa shape index (κ1) is 15.3. The largest absolute Gasteiger partial charge is 0.340 e. The number of nitrogens with one attached hydrogen (secondary N) is 1. The van der Waals surface area contributed by atoms with Crippen molar-refractivity contribution in [3.8, 4) is 11.8 Å². The van der Waals surface area contributed by atoms with E-state index in [4.69, 9.17) is 5.14 Å². The van der Waals surface area contributed by atoms with Crippen LogP contribution in [0.1, 0.15) is 10.4 Å². The maximum atomic E-state index is 11.6. The summed E-state index contributed by atoms with van der Waals surface area (Å²) in [7, 11) is -3.69. The fourth-order valence-electron chi connectivity index (χ4n) is 1.47. The van der Waals surface area contributed by atoms with E-state index < -0.39 is 15.9 Å². The molecule has 7 heteroatoms. The van der Waals surface area contributed by atoms with Crippen LogP contribution in [0.3, 0.4) is 0 Å². The lowest BCUT2D eigenvalue weighted by atomic mass is 10.2. The highest BCUT2D eigenvalue weighted by Gasteiger charge is 2.11. The van der Waals surface area contributed by atoms with Crippen LogP contribution < -0.4 is 10.5 Å². The van der Waals surface area contributed by atoms with Gasteiger partial charge in [0.2, 0.25) is 10.0 Å². The first-order valence-corrected chi connectivity index (χ1v) is 8.28. The number of nitrogens with two attached hydrogens (primary N) is 1. The van der Waals surface area contributed by atoms with Crippen molar-refractivity contribution in [2.45, 2.75) is 10.8 Å². The third kappa shape index (κ3) is 4.72. The van der Waals surface area contributed by atoms with Gasteiger partial charge in [0, 0.05) is 16.4 Å². The normalized spacial score (nSPS) is 10.5. The summed E-state index contributed by atoms with van der Waals surface area (Å²) in [6.45, 7) is 0.211. The molecule has 0 unspecified atom stereocenters. The average molecular weight is 320 g/mol. The van der Waals surface area contributed by atoms with Crippen molar-refractivity contribution in [2.24, 2.45) is 5.14 Å². The van der Waals surface area contributed by atoms with Crippen molar-refractivity contribution in [3.05, 3.63) is 52.9 Å². The highest BCUT2D eigenvalue weighted by molar-refractivity contribution is 7.91. The summed E-state index contributed by atoms with van der Waals surface area (Å²) in [5.74, 6) is 4.78. The molecule has 1 aromatic heterocycles. The second-order valence-corrected chi connectivity index (χ2v) is 7.02. The van der Waals surface area contributed by atoms with Crippen LogP contribution in [0, 0.1) is 11.8 Å². The number of carbonyl (C=O) groups excluding carboxylic acids is 1. The van der Waals surface area contributed by atoms with Crippen LogP contribution in [0.5, 0.6) is 0 Å². The summed E-state index contributed by atoms with van der Waals surface area (Å²) in [5.41, 5.74) is 0.750. The standard InChI is InChI=1S/C14H12N2O3S2/c15-21(18,19)14-9-7-12(20-14)10-16-13(17)8-6-11-4-2-1-3-5-11/h1-5,7,9H,10H2,(H,16,17)(H2,15,18,19). The molecule has 2 rings (SSSR count). The van der Waals surface area contributed by atoms with Gasteiger partial charge in [0.25, 0.3) is 5.91 Å². The number of amides is 1. The minimum Gasteiger partial charge on any atom is -0.340 e. The number of rotatable bonds is 3. The third-order valence-electron chi connectivity index (χ3n) is 2.43. The van der Waals surface area contributed by atoms with Gasteiger partial charge in [-0.3, -0.25) is 4.79 Å². The van der Waals surface area contributed by atoms with Gasteiger partial charge in [-0.05, 0) is 24.3 Å². The quantitative estimate of drug-likeness (QED) is 0.829. The molecular weight excluding hydrogens is 308 g/mol. The number of carbonyl (C=O) groups is 1. The van der Waals surface area contributed by atoms with Crippen molar-refractivity contribution >= 4 is 27.3 Å². The molecule has 0 atom stereocenters. The molecule has 1 aromatic carbocycles. The fourth-order valence-corrected chi connectivity index (χ4v) is 3.19.